The van der Waals surface area contributed by atoms with Crippen LogP contribution in [0.25, 0.3) is 0 Å². The van der Waals surface area contributed by atoms with Crippen molar-refractivity contribution in [2.24, 2.45) is 10.4 Å². The van der Waals surface area contributed by atoms with Gasteiger partial charge in [-0.3, -0.25) is 9.89 Å². The Morgan fingerprint density at radius 3 is 2.75 bits per heavy atom. The van der Waals surface area contributed by atoms with Gasteiger partial charge in [-0.15, -0.1) is 24.0 Å². The van der Waals surface area contributed by atoms with E-state index in [4.69, 9.17) is 9.73 Å². The molecule has 1 saturated carbocycles. The molecule has 4 rings (SSSR count). The number of likely N-dealkylation sites (tertiary alicyclic amines) is 1. The SMILES string of the molecule is CCNC(=NCC1(CO)CC1)N1CC2OCCN(Cc3ccccc3)C2C1.I. The number of guanidine groups is 1. The number of ether oxygens (including phenoxy) is 1. The third-order valence-corrected chi connectivity index (χ3v) is 6.14. The number of rotatable bonds is 6. The Hall–Kier alpha value is -0.900. The largest absolute Gasteiger partial charge is 0.396 e. The molecule has 0 bridgehead atoms. The molecule has 2 atom stereocenters. The summed E-state index contributed by atoms with van der Waals surface area (Å²) >= 11 is 0. The minimum atomic E-state index is 0. The zero-order chi connectivity index (χ0) is 18.7. The number of hydrogen-bond donors (Lipinski definition) is 2. The maximum Gasteiger partial charge on any atom is 0.194 e. The first-order chi connectivity index (χ1) is 13.2. The summed E-state index contributed by atoms with van der Waals surface area (Å²) in [5, 5.41) is 13.0. The van der Waals surface area contributed by atoms with E-state index < -0.39 is 0 Å². The first-order valence-corrected chi connectivity index (χ1v) is 10.3. The van der Waals surface area contributed by atoms with E-state index >= 15 is 0 Å². The van der Waals surface area contributed by atoms with Crippen LogP contribution in [-0.4, -0.2) is 78.9 Å². The lowest BCUT2D eigenvalue weighted by atomic mass is 10.1. The van der Waals surface area contributed by atoms with Crippen molar-refractivity contribution in [3.05, 3.63) is 35.9 Å². The van der Waals surface area contributed by atoms with Gasteiger partial charge in [0, 0.05) is 38.1 Å². The van der Waals surface area contributed by atoms with E-state index in [2.05, 4.69) is 52.4 Å². The highest BCUT2D eigenvalue weighted by molar-refractivity contribution is 14.0. The molecule has 0 radical (unpaired) electrons. The van der Waals surface area contributed by atoms with Crippen LogP contribution < -0.4 is 5.32 Å². The maximum absolute atomic E-state index is 9.58. The Morgan fingerprint density at radius 2 is 2.07 bits per heavy atom. The Kier molecular flexibility index (Phi) is 7.58. The summed E-state index contributed by atoms with van der Waals surface area (Å²) < 4.78 is 6.10. The van der Waals surface area contributed by atoms with Gasteiger partial charge < -0.3 is 20.1 Å². The van der Waals surface area contributed by atoms with E-state index in [9.17, 15) is 5.11 Å². The van der Waals surface area contributed by atoms with E-state index in [-0.39, 0.29) is 42.1 Å². The topological polar surface area (TPSA) is 60.3 Å². The van der Waals surface area contributed by atoms with Gasteiger partial charge in [0.05, 0.1) is 31.9 Å². The fourth-order valence-corrected chi connectivity index (χ4v) is 4.16. The highest BCUT2D eigenvalue weighted by Crippen LogP contribution is 2.45. The van der Waals surface area contributed by atoms with Gasteiger partial charge in [0.15, 0.2) is 5.96 Å². The predicted molar refractivity (Wildman–Crippen MR) is 122 cm³/mol. The summed E-state index contributed by atoms with van der Waals surface area (Å²) in [6, 6.07) is 11.1. The second-order valence-corrected chi connectivity index (χ2v) is 8.17. The highest BCUT2D eigenvalue weighted by Gasteiger charge is 2.43. The summed E-state index contributed by atoms with van der Waals surface area (Å²) in [5.74, 6) is 0.967. The average molecular weight is 500 g/mol. The quantitative estimate of drug-likeness (QED) is 0.355. The van der Waals surface area contributed by atoms with Crippen molar-refractivity contribution in [1.29, 1.82) is 0 Å². The zero-order valence-electron chi connectivity index (χ0n) is 16.7. The summed E-state index contributed by atoms with van der Waals surface area (Å²) in [5.41, 5.74) is 1.40. The average Bonchev–Trinajstić information content (AvgIpc) is 3.35. The minimum Gasteiger partial charge on any atom is -0.396 e. The molecule has 28 heavy (non-hydrogen) atoms. The molecule has 2 aliphatic heterocycles. The number of nitrogens with one attached hydrogen (secondary N) is 1. The number of nitrogens with zero attached hydrogens (tertiary/aromatic N) is 3. The lowest BCUT2D eigenvalue weighted by Crippen LogP contribution is -2.50. The molecule has 2 heterocycles. The van der Waals surface area contributed by atoms with Gasteiger partial charge in [-0.05, 0) is 25.3 Å². The number of benzene rings is 1. The molecule has 1 aromatic carbocycles. The number of morpholine rings is 1. The lowest BCUT2D eigenvalue weighted by molar-refractivity contribution is -0.0502. The van der Waals surface area contributed by atoms with E-state index in [1.165, 1.54) is 5.56 Å². The Labute approximate surface area is 185 Å². The van der Waals surface area contributed by atoms with Gasteiger partial charge in [-0.1, -0.05) is 30.3 Å². The van der Waals surface area contributed by atoms with Crippen LogP contribution in [0.1, 0.15) is 25.3 Å². The third kappa shape index (κ3) is 4.98. The van der Waals surface area contributed by atoms with E-state index in [0.717, 1.165) is 58.1 Å². The van der Waals surface area contributed by atoms with Gasteiger partial charge in [0.25, 0.3) is 0 Å². The summed E-state index contributed by atoms with van der Waals surface area (Å²) in [4.78, 5) is 9.77. The van der Waals surface area contributed by atoms with Crippen LogP contribution in [0.2, 0.25) is 0 Å². The van der Waals surface area contributed by atoms with Crippen LogP contribution >= 0.6 is 24.0 Å². The van der Waals surface area contributed by atoms with Crippen molar-refractivity contribution in [2.45, 2.75) is 38.5 Å². The number of aliphatic hydroxyl groups is 1. The van der Waals surface area contributed by atoms with Crippen molar-refractivity contribution in [3.63, 3.8) is 0 Å². The maximum atomic E-state index is 9.58. The molecule has 0 spiro atoms. The van der Waals surface area contributed by atoms with Crippen LogP contribution in [0, 0.1) is 5.41 Å². The molecule has 2 saturated heterocycles. The van der Waals surface area contributed by atoms with Crippen LogP contribution in [0.3, 0.4) is 0 Å². The van der Waals surface area contributed by atoms with Gasteiger partial charge in [0.1, 0.15) is 0 Å². The Bertz CT molecular complexity index is 653. The van der Waals surface area contributed by atoms with Crippen molar-refractivity contribution < 1.29 is 9.84 Å². The monoisotopic (exact) mass is 500 g/mol. The van der Waals surface area contributed by atoms with Gasteiger partial charge in [-0.2, -0.15) is 0 Å². The highest BCUT2D eigenvalue weighted by atomic mass is 127. The van der Waals surface area contributed by atoms with Crippen molar-refractivity contribution in [1.82, 2.24) is 15.1 Å². The molecule has 1 aliphatic carbocycles. The van der Waals surface area contributed by atoms with Crippen molar-refractivity contribution >= 4 is 29.9 Å². The molecule has 0 amide bonds. The second-order valence-electron chi connectivity index (χ2n) is 8.17. The van der Waals surface area contributed by atoms with Gasteiger partial charge in [0.2, 0.25) is 0 Å². The first kappa shape index (κ1) is 21.8. The van der Waals surface area contributed by atoms with E-state index in [0.29, 0.717) is 12.6 Å². The fraction of sp³-hybridized carbons (Fsp3) is 0.667. The molecule has 2 N–H and O–H groups in total. The van der Waals surface area contributed by atoms with Gasteiger partial charge in [-0.25, -0.2) is 0 Å². The molecule has 6 nitrogen and oxygen atoms in total. The molecular formula is C21H33IN4O2. The first-order valence-electron chi connectivity index (χ1n) is 10.3. The third-order valence-electron chi connectivity index (χ3n) is 6.14. The smallest absolute Gasteiger partial charge is 0.194 e. The van der Waals surface area contributed by atoms with Crippen molar-refractivity contribution in [3.8, 4) is 0 Å². The van der Waals surface area contributed by atoms with Gasteiger partial charge >= 0.3 is 0 Å². The normalized spacial score (nSPS) is 26.5. The molecular weight excluding hydrogens is 467 g/mol. The summed E-state index contributed by atoms with van der Waals surface area (Å²) in [6.07, 6.45) is 2.41. The number of hydrogen-bond acceptors (Lipinski definition) is 4. The number of halogens is 1. The molecule has 2 unspecified atom stereocenters. The Morgan fingerprint density at radius 1 is 1.29 bits per heavy atom. The van der Waals surface area contributed by atoms with Crippen molar-refractivity contribution in [2.75, 3.05) is 45.9 Å². The Balaban J connectivity index is 0.00000225. The molecule has 1 aromatic rings. The summed E-state index contributed by atoms with van der Waals surface area (Å²) in [7, 11) is 0. The predicted octanol–water partition coefficient (Wildman–Crippen LogP) is 1.93. The molecule has 0 aromatic heterocycles. The zero-order valence-corrected chi connectivity index (χ0v) is 19.0. The summed E-state index contributed by atoms with van der Waals surface area (Å²) in [6.45, 7) is 8.49. The van der Waals surface area contributed by atoms with E-state index in [1.807, 2.05) is 0 Å². The minimum absolute atomic E-state index is 0. The van der Waals surface area contributed by atoms with Crippen LogP contribution in [0.5, 0.6) is 0 Å². The number of aliphatic imine (C=N–C) groups is 1. The standard InChI is InChI=1S/C21H32N4O2.HI/c1-2-22-20(23-15-21(16-26)8-9-21)25-13-18-19(14-25)27-11-10-24(18)12-17-6-4-3-5-7-17;/h3-7,18-19,26H,2,8-16H2,1H3,(H,22,23);1H. The number of fused-ring (bicyclic) bond motifs is 1. The fourth-order valence-electron chi connectivity index (χ4n) is 4.16. The van der Waals surface area contributed by atoms with E-state index in [1.54, 1.807) is 0 Å². The van der Waals surface area contributed by atoms with Crippen LogP contribution in [0.4, 0.5) is 0 Å². The van der Waals surface area contributed by atoms with Crippen LogP contribution in [0.15, 0.2) is 35.3 Å². The molecule has 3 aliphatic rings. The molecule has 3 fully saturated rings. The molecule has 156 valence electrons. The molecule has 7 heteroatoms. The lowest BCUT2D eigenvalue weighted by Gasteiger charge is -2.36. The second kappa shape index (κ2) is 9.73. The van der Waals surface area contributed by atoms with Crippen LogP contribution in [-0.2, 0) is 11.3 Å². The number of aliphatic hydroxyl groups excluding tert-OH is 1.